The molecule has 18 heavy (non-hydrogen) atoms. The number of sulfone groups is 1. The molecule has 1 aromatic carbocycles. The molecule has 0 aromatic heterocycles. The summed E-state index contributed by atoms with van der Waals surface area (Å²) in [6.45, 7) is 0. The van der Waals surface area contributed by atoms with Crippen LogP contribution in [0.5, 0.6) is 0 Å². The number of hydrogen-bond acceptors (Lipinski definition) is 3. The van der Waals surface area contributed by atoms with E-state index in [1.165, 1.54) is 11.1 Å². The summed E-state index contributed by atoms with van der Waals surface area (Å²) in [5.41, 5.74) is 2.85. The van der Waals surface area contributed by atoms with Crippen LogP contribution in [0.3, 0.4) is 0 Å². The highest BCUT2D eigenvalue weighted by molar-refractivity contribution is 7.91. The molecule has 3 nitrogen and oxygen atoms in total. The Morgan fingerprint density at radius 3 is 2.56 bits per heavy atom. The van der Waals surface area contributed by atoms with Crippen LogP contribution in [0, 0.1) is 0 Å². The number of nitrogens with one attached hydrogen (secondary N) is 1. The van der Waals surface area contributed by atoms with E-state index in [0.29, 0.717) is 23.6 Å². The third-order valence-electron chi connectivity index (χ3n) is 4.12. The Kier molecular flexibility index (Phi) is 3.16. The normalized spacial score (nSPS) is 27.0. The number of fused-ring (bicyclic) bond motifs is 1. The van der Waals surface area contributed by atoms with E-state index in [9.17, 15) is 8.42 Å². The van der Waals surface area contributed by atoms with Gasteiger partial charge in [-0.15, -0.1) is 0 Å². The van der Waals surface area contributed by atoms with Crippen LogP contribution < -0.4 is 5.32 Å². The molecule has 2 aliphatic rings. The predicted octanol–water partition coefficient (Wildman–Crippen LogP) is 1.84. The zero-order valence-corrected chi connectivity index (χ0v) is 11.2. The van der Waals surface area contributed by atoms with E-state index < -0.39 is 9.84 Å². The third-order valence-corrected chi connectivity index (χ3v) is 5.84. The van der Waals surface area contributed by atoms with Gasteiger partial charge in [-0.1, -0.05) is 24.3 Å². The summed E-state index contributed by atoms with van der Waals surface area (Å²) in [5, 5.41) is 3.65. The van der Waals surface area contributed by atoms with Crippen molar-refractivity contribution in [2.45, 2.75) is 37.8 Å². The lowest BCUT2D eigenvalue weighted by Gasteiger charge is -2.27. The standard InChI is InChI=1S/C14H19NO2S/c16-18(17)9-7-12(8-10-18)15-14-6-5-11-3-1-2-4-13(11)14/h1-4,12,14-15H,5-10H2. The lowest BCUT2D eigenvalue weighted by atomic mass is 10.1. The van der Waals surface area contributed by atoms with Crippen molar-refractivity contribution in [2.24, 2.45) is 0 Å². The zero-order chi connectivity index (χ0) is 12.6. The van der Waals surface area contributed by atoms with Gasteiger partial charge in [0.05, 0.1) is 11.5 Å². The van der Waals surface area contributed by atoms with Crippen molar-refractivity contribution in [3.8, 4) is 0 Å². The highest BCUT2D eigenvalue weighted by Gasteiger charge is 2.28. The van der Waals surface area contributed by atoms with Crippen molar-refractivity contribution in [3.05, 3.63) is 35.4 Å². The first-order valence-electron chi connectivity index (χ1n) is 6.68. The molecule has 3 rings (SSSR count). The summed E-state index contributed by atoms with van der Waals surface area (Å²) in [7, 11) is -2.75. The van der Waals surface area contributed by atoms with Gasteiger partial charge in [-0.2, -0.15) is 0 Å². The molecule has 4 heteroatoms. The van der Waals surface area contributed by atoms with Crippen LogP contribution in [0.25, 0.3) is 0 Å². The van der Waals surface area contributed by atoms with E-state index in [0.717, 1.165) is 25.7 Å². The Labute approximate surface area is 109 Å². The largest absolute Gasteiger partial charge is 0.307 e. The molecule has 1 aromatic rings. The molecular weight excluding hydrogens is 246 g/mol. The molecule has 0 bridgehead atoms. The maximum atomic E-state index is 11.4. The van der Waals surface area contributed by atoms with E-state index in [-0.39, 0.29) is 0 Å². The summed E-state index contributed by atoms with van der Waals surface area (Å²) in [4.78, 5) is 0. The summed E-state index contributed by atoms with van der Waals surface area (Å²) in [6.07, 6.45) is 3.81. The van der Waals surface area contributed by atoms with Crippen LogP contribution >= 0.6 is 0 Å². The summed E-state index contributed by atoms with van der Waals surface area (Å²) < 4.78 is 22.8. The molecule has 1 aliphatic heterocycles. The van der Waals surface area contributed by atoms with E-state index in [1.54, 1.807) is 0 Å². The van der Waals surface area contributed by atoms with Crippen LogP contribution in [0.1, 0.15) is 36.4 Å². The van der Waals surface area contributed by atoms with Crippen LogP contribution in [0.4, 0.5) is 0 Å². The smallest absolute Gasteiger partial charge is 0.150 e. The Bertz CT molecular complexity index is 524. The fourth-order valence-corrected chi connectivity index (χ4v) is 4.56. The molecule has 1 saturated heterocycles. The molecule has 98 valence electrons. The van der Waals surface area contributed by atoms with Crippen LogP contribution in [-0.4, -0.2) is 26.0 Å². The van der Waals surface area contributed by atoms with E-state index in [2.05, 4.69) is 29.6 Å². The van der Waals surface area contributed by atoms with Crippen LogP contribution in [-0.2, 0) is 16.3 Å². The predicted molar refractivity (Wildman–Crippen MR) is 72.3 cm³/mol. The van der Waals surface area contributed by atoms with E-state index in [4.69, 9.17) is 0 Å². The second kappa shape index (κ2) is 4.67. The third kappa shape index (κ3) is 2.45. The van der Waals surface area contributed by atoms with Crippen molar-refractivity contribution in [1.29, 1.82) is 0 Å². The molecule has 0 saturated carbocycles. The van der Waals surface area contributed by atoms with Gasteiger partial charge >= 0.3 is 0 Å². The highest BCUT2D eigenvalue weighted by Crippen LogP contribution is 2.32. The first-order chi connectivity index (χ1) is 8.64. The number of hydrogen-bond donors (Lipinski definition) is 1. The minimum Gasteiger partial charge on any atom is -0.307 e. The molecule has 0 radical (unpaired) electrons. The maximum absolute atomic E-state index is 11.4. The van der Waals surface area contributed by atoms with Gasteiger partial charge < -0.3 is 5.32 Å². The lowest BCUT2D eigenvalue weighted by molar-refractivity contribution is 0.403. The highest BCUT2D eigenvalue weighted by atomic mass is 32.2. The molecule has 1 unspecified atom stereocenters. The fraction of sp³-hybridized carbons (Fsp3) is 0.571. The molecule has 1 N–H and O–H groups in total. The molecular formula is C14H19NO2S. The average molecular weight is 265 g/mol. The topological polar surface area (TPSA) is 46.2 Å². The second-order valence-electron chi connectivity index (χ2n) is 5.38. The van der Waals surface area contributed by atoms with Crippen molar-refractivity contribution in [3.63, 3.8) is 0 Å². The van der Waals surface area contributed by atoms with Crippen LogP contribution in [0.2, 0.25) is 0 Å². The molecule has 1 aliphatic carbocycles. The fourth-order valence-electron chi connectivity index (χ4n) is 3.07. The average Bonchev–Trinajstić information content (AvgIpc) is 2.76. The summed E-state index contributed by atoms with van der Waals surface area (Å²) in [5.74, 6) is 0.693. The molecule has 1 heterocycles. The van der Waals surface area contributed by atoms with Gasteiger partial charge in [-0.05, 0) is 36.8 Å². The van der Waals surface area contributed by atoms with Gasteiger partial charge in [-0.25, -0.2) is 8.42 Å². The van der Waals surface area contributed by atoms with Crippen molar-refractivity contribution in [2.75, 3.05) is 11.5 Å². The summed E-state index contributed by atoms with van der Waals surface area (Å²) >= 11 is 0. The Morgan fingerprint density at radius 1 is 1.06 bits per heavy atom. The van der Waals surface area contributed by atoms with Crippen molar-refractivity contribution >= 4 is 9.84 Å². The second-order valence-corrected chi connectivity index (χ2v) is 7.69. The maximum Gasteiger partial charge on any atom is 0.150 e. The number of rotatable bonds is 2. The Balaban J connectivity index is 1.65. The van der Waals surface area contributed by atoms with Crippen LogP contribution in [0.15, 0.2) is 24.3 Å². The molecule has 0 spiro atoms. The SMILES string of the molecule is O=S1(=O)CCC(NC2CCc3ccccc32)CC1. The van der Waals surface area contributed by atoms with E-state index in [1.807, 2.05) is 0 Å². The Morgan fingerprint density at radius 2 is 1.78 bits per heavy atom. The summed E-state index contributed by atoms with van der Waals surface area (Å²) in [6, 6.07) is 9.36. The molecule has 1 fully saturated rings. The minimum atomic E-state index is -2.75. The number of benzene rings is 1. The molecule has 0 amide bonds. The quantitative estimate of drug-likeness (QED) is 0.887. The number of aryl methyl sites for hydroxylation is 1. The first-order valence-corrected chi connectivity index (χ1v) is 8.50. The van der Waals surface area contributed by atoms with Crippen molar-refractivity contribution in [1.82, 2.24) is 5.32 Å². The van der Waals surface area contributed by atoms with Gasteiger partial charge in [0.15, 0.2) is 0 Å². The van der Waals surface area contributed by atoms with Gasteiger partial charge in [0.2, 0.25) is 0 Å². The first kappa shape index (κ1) is 12.2. The van der Waals surface area contributed by atoms with Crippen molar-refractivity contribution < 1.29 is 8.42 Å². The van der Waals surface area contributed by atoms with Gasteiger partial charge in [0.25, 0.3) is 0 Å². The molecule has 1 atom stereocenters. The lowest BCUT2D eigenvalue weighted by Crippen LogP contribution is -2.39. The van der Waals surface area contributed by atoms with E-state index >= 15 is 0 Å². The minimum absolute atomic E-state index is 0.346. The van der Waals surface area contributed by atoms with Gasteiger partial charge in [-0.3, -0.25) is 0 Å². The Hall–Kier alpha value is -0.870. The van der Waals surface area contributed by atoms with Gasteiger partial charge in [0.1, 0.15) is 9.84 Å². The zero-order valence-electron chi connectivity index (χ0n) is 10.4. The van der Waals surface area contributed by atoms with Gasteiger partial charge in [0, 0.05) is 12.1 Å². The monoisotopic (exact) mass is 265 g/mol.